The Morgan fingerprint density at radius 1 is 1.17 bits per heavy atom. The van der Waals surface area contributed by atoms with Crippen molar-refractivity contribution in [2.45, 2.75) is 6.92 Å². The Morgan fingerprint density at radius 2 is 1.89 bits per heavy atom. The molecular weight excluding hydrogens is 228 g/mol. The number of carbonyl (C=O) groups is 1. The quantitative estimate of drug-likeness (QED) is 0.888. The van der Waals surface area contributed by atoms with Gasteiger partial charge in [-0.3, -0.25) is 14.2 Å². The largest absolute Gasteiger partial charge is 0.352 e. The summed E-state index contributed by atoms with van der Waals surface area (Å²) in [6.07, 6.45) is 1.56. The van der Waals surface area contributed by atoms with Gasteiger partial charge in [0.15, 0.2) is 0 Å². The molecule has 0 saturated heterocycles. The third-order valence-electron chi connectivity index (χ3n) is 2.54. The van der Waals surface area contributed by atoms with Crippen molar-refractivity contribution in [2.24, 2.45) is 0 Å². The van der Waals surface area contributed by atoms with Gasteiger partial charge in [-0.05, 0) is 25.1 Å². The van der Waals surface area contributed by atoms with Crippen molar-refractivity contribution in [1.29, 1.82) is 0 Å². The maximum atomic E-state index is 11.8. The second-order valence-electron chi connectivity index (χ2n) is 3.82. The molecule has 0 radical (unpaired) electrons. The zero-order valence-corrected chi connectivity index (χ0v) is 10.1. The maximum Gasteiger partial charge on any atom is 0.255 e. The number of hydrogen-bond acceptors (Lipinski definition) is 2. The van der Waals surface area contributed by atoms with Gasteiger partial charge in [-0.2, -0.15) is 0 Å². The van der Waals surface area contributed by atoms with Crippen molar-refractivity contribution >= 4 is 5.91 Å². The second-order valence-corrected chi connectivity index (χ2v) is 3.82. The fourth-order valence-electron chi connectivity index (χ4n) is 1.67. The Kier molecular flexibility index (Phi) is 3.57. The molecule has 4 nitrogen and oxygen atoms in total. The summed E-state index contributed by atoms with van der Waals surface area (Å²) in [5, 5.41) is 2.71. The summed E-state index contributed by atoms with van der Waals surface area (Å²) in [5.74, 6) is -0.179. The summed E-state index contributed by atoms with van der Waals surface area (Å²) in [4.78, 5) is 23.5. The first kappa shape index (κ1) is 12.1. The van der Waals surface area contributed by atoms with Gasteiger partial charge in [-0.1, -0.05) is 18.2 Å². The lowest BCUT2D eigenvalue weighted by Gasteiger charge is -2.08. The molecule has 2 aromatic rings. The first-order valence-electron chi connectivity index (χ1n) is 5.78. The number of benzene rings is 1. The van der Waals surface area contributed by atoms with Crippen LogP contribution in [0.3, 0.4) is 0 Å². The van der Waals surface area contributed by atoms with Crippen molar-refractivity contribution in [1.82, 2.24) is 9.88 Å². The topological polar surface area (TPSA) is 51.1 Å². The Hall–Kier alpha value is -2.36. The lowest BCUT2D eigenvalue weighted by Crippen LogP contribution is -2.25. The molecule has 0 unspecified atom stereocenters. The summed E-state index contributed by atoms with van der Waals surface area (Å²) in [5.41, 5.74) is 1.06. The highest BCUT2D eigenvalue weighted by Gasteiger charge is 2.07. The number of pyridine rings is 1. The zero-order valence-electron chi connectivity index (χ0n) is 10.1. The standard InChI is InChI=1S/C14H14N2O2/c1-2-15-14(18)11-8-9-13(17)16(10-11)12-6-4-3-5-7-12/h3-10H,2H2,1H3,(H,15,18). The maximum absolute atomic E-state index is 11.8. The number of aromatic nitrogens is 1. The van der Waals surface area contributed by atoms with E-state index in [-0.39, 0.29) is 11.5 Å². The molecule has 1 heterocycles. The molecule has 0 saturated carbocycles. The molecule has 18 heavy (non-hydrogen) atoms. The number of nitrogens with one attached hydrogen (secondary N) is 1. The van der Waals surface area contributed by atoms with E-state index in [1.807, 2.05) is 37.3 Å². The van der Waals surface area contributed by atoms with Crippen molar-refractivity contribution in [2.75, 3.05) is 6.54 Å². The van der Waals surface area contributed by atoms with E-state index in [1.54, 1.807) is 6.20 Å². The number of nitrogens with zero attached hydrogens (tertiary/aromatic N) is 1. The normalized spacial score (nSPS) is 10.1. The molecule has 0 fully saturated rings. The van der Waals surface area contributed by atoms with Gasteiger partial charge in [-0.25, -0.2) is 0 Å². The average molecular weight is 242 g/mol. The molecule has 0 atom stereocenters. The van der Waals surface area contributed by atoms with Crippen LogP contribution in [0, 0.1) is 0 Å². The highest BCUT2D eigenvalue weighted by atomic mass is 16.2. The smallest absolute Gasteiger partial charge is 0.255 e. The fourth-order valence-corrected chi connectivity index (χ4v) is 1.67. The predicted octanol–water partition coefficient (Wildman–Crippen LogP) is 1.59. The Labute approximate surface area is 105 Å². The second kappa shape index (κ2) is 5.31. The third-order valence-corrected chi connectivity index (χ3v) is 2.54. The Balaban J connectivity index is 2.46. The van der Waals surface area contributed by atoms with Crippen LogP contribution in [0.2, 0.25) is 0 Å². The number of carbonyl (C=O) groups excluding carboxylic acids is 1. The Morgan fingerprint density at radius 3 is 2.56 bits per heavy atom. The summed E-state index contributed by atoms with van der Waals surface area (Å²) in [7, 11) is 0. The highest BCUT2D eigenvalue weighted by molar-refractivity contribution is 5.93. The van der Waals surface area contributed by atoms with Gasteiger partial charge in [0, 0.05) is 24.5 Å². The van der Waals surface area contributed by atoms with Gasteiger partial charge in [0.1, 0.15) is 0 Å². The molecule has 1 aromatic carbocycles. The molecule has 0 aliphatic heterocycles. The van der Waals surface area contributed by atoms with E-state index in [2.05, 4.69) is 5.32 Å². The molecule has 1 amide bonds. The average Bonchev–Trinajstić information content (AvgIpc) is 2.40. The van der Waals surface area contributed by atoms with E-state index in [0.29, 0.717) is 12.1 Å². The lowest BCUT2D eigenvalue weighted by atomic mass is 10.2. The van der Waals surface area contributed by atoms with Crippen LogP contribution in [-0.4, -0.2) is 17.0 Å². The molecule has 0 aliphatic rings. The molecule has 1 N–H and O–H groups in total. The van der Waals surface area contributed by atoms with Gasteiger partial charge in [0.2, 0.25) is 0 Å². The first-order valence-corrected chi connectivity index (χ1v) is 5.78. The molecule has 2 rings (SSSR count). The molecule has 92 valence electrons. The summed E-state index contributed by atoms with van der Waals surface area (Å²) < 4.78 is 1.46. The lowest BCUT2D eigenvalue weighted by molar-refractivity contribution is 0.0955. The van der Waals surface area contributed by atoms with E-state index in [0.717, 1.165) is 5.69 Å². The van der Waals surface area contributed by atoms with Gasteiger partial charge < -0.3 is 5.32 Å². The van der Waals surface area contributed by atoms with Crippen LogP contribution >= 0.6 is 0 Å². The van der Waals surface area contributed by atoms with Crippen LogP contribution in [0.25, 0.3) is 5.69 Å². The minimum absolute atomic E-state index is 0.158. The third kappa shape index (κ3) is 2.48. The molecule has 0 aliphatic carbocycles. The zero-order chi connectivity index (χ0) is 13.0. The van der Waals surface area contributed by atoms with Crippen LogP contribution in [0.15, 0.2) is 53.5 Å². The summed E-state index contributed by atoms with van der Waals surface area (Å²) >= 11 is 0. The van der Waals surface area contributed by atoms with Gasteiger partial charge in [0.05, 0.1) is 5.56 Å². The number of rotatable bonds is 3. The predicted molar refractivity (Wildman–Crippen MR) is 70.0 cm³/mol. The van der Waals surface area contributed by atoms with E-state index >= 15 is 0 Å². The van der Waals surface area contributed by atoms with Crippen LogP contribution in [-0.2, 0) is 0 Å². The number of para-hydroxylation sites is 1. The monoisotopic (exact) mass is 242 g/mol. The van der Waals surface area contributed by atoms with Gasteiger partial charge in [0.25, 0.3) is 11.5 Å². The number of hydrogen-bond donors (Lipinski definition) is 1. The summed E-state index contributed by atoms with van der Waals surface area (Å²) in [6.45, 7) is 2.41. The molecular formula is C14H14N2O2. The summed E-state index contributed by atoms with van der Waals surface area (Å²) in [6, 6.07) is 12.2. The highest BCUT2D eigenvalue weighted by Crippen LogP contribution is 2.05. The minimum Gasteiger partial charge on any atom is -0.352 e. The van der Waals surface area contributed by atoms with Crippen LogP contribution in [0.4, 0.5) is 0 Å². The number of amides is 1. The van der Waals surface area contributed by atoms with E-state index in [1.165, 1.54) is 16.7 Å². The Bertz CT molecular complexity index is 603. The molecule has 0 spiro atoms. The van der Waals surface area contributed by atoms with Crippen LogP contribution in [0.1, 0.15) is 17.3 Å². The SMILES string of the molecule is CCNC(=O)c1ccc(=O)n(-c2ccccc2)c1. The van der Waals surface area contributed by atoms with E-state index < -0.39 is 0 Å². The van der Waals surface area contributed by atoms with E-state index in [9.17, 15) is 9.59 Å². The van der Waals surface area contributed by atoms with Gasteiger partial charge >= 0.3 is 0 Å². The van der Waals surface area contributed by atoms with Crippen molar-refractivity contribution in [3.63, 3.8) is 0 Å². The van der Waals surface area contributed by atoms with Crippen molar-refractivity contribution in [3.8, 4) is 5.69 Å². The molecule has 0 bridgehead atoms. The van der Waals surface area contributed by atoms with E-state index in [4.69, 9.17) is 0 Å². The fraction of sp³-hybridized carbons (Fsp3) is 0.143. The molecule has 1 aromatic heterocycles. The van der Waals surface area contributed by atoms with Gasteiger partial charge in [-0.15, -0.1) is 0 Å². The van der Waals surface area contributed by atoms with Crippen LogP contribution < -0.4 is 10.9 Å². The minimum atomic E-state index is -0.179. The van der Waals surface area contributed by atoms with Crippen molar-refractivity contribution in [3.05, 3.63) is 64.6 Å². The van der Waals surface area contributed by atoms with Crippen LogP contribution in [0.5, 0.6) is 0 Å². The molecule has 4 heteroatoms. The first-order chi connectivity index (χ1) is 8.72. The van der Waals surface area contributed by atoms with Crippen molar-refractivity contribution < 1.29 is 4.79 Å².